The lowest BCUT2D eigenvalue weighted by Crippen LogP contribution is -2.21. The Morgan fingerprint density at radius 1 is 1.24 bits per heavy atom. The van der Waals surface area contributed by atoms with Crippen LogP contribution in [-0.4, -0.2) is 13.2 Å². The topological polar surface area (TPSA) is 21.3 Å². The average Bonchev–Trinajstić information content (AvgIpc) is 2.92. The number of nitrogens with one attached hydrogen (secondary N) is 1. The maximum Gasteiger partial charge on any atom is 0.0931 e. The van der Waals surface area contributed by atoms with E-state index in [1.165, 1.54) is 28.8 Å². The van der Waals surface area contributed by atoms with Gasteiger partial charge < -0.3 is 10.1 Å². The zero-order valence-electron chi connectivity index (χ0n) is 12.0. The predicted molar refractivity (Wildman–Crippen MR) is 89.1 cm³/mol. The summed E-state index contributed by atoms with van der Waals surface area (Å²) in [5, 5.41) is 3.41. The summed E-state index contributed by atoms with van der Waals surface area (Å²) in [5.74, 6) is 0. The lowest BCUT2D eigenvalue weighted by atomic mass is 9.89. The Morgan fingerprint density at radius 3 is 3.00 bits per heavy atom. The molecule has 112 valence electrons. The monoisotopic (exact) mass is 321 g/mol. The van der Waals surface area contributed by atoms with Gasteiger partial charge in [0.15, 0.2) is 0 Å². The molecule has 1 aliphatic rings. The third-order valence-electron chi connectivity index (χ3n) is 3.84. The van der Waals surface area contributed by atoms with Gasteiger partial charge in [-0.2, -0.15) is 0 Å². The molecule has 0 spiro atoms. The summed E-state index contributed by atoms with van der Waals surface area (Å²) in [5.41, 5.74) is 2.84. The zero-order valence-corrected chi connectivity index (χ0v) is 13.6. The third kappa shape index (κ3) is 4.07. The number of hydrogen-bond donors (Lipinski definition) is 1. The number of hydrogen-bond acceptors (Lipinski definition) is 3. The second-order valence-corrected chi connectivity index (χ2v) is 7.13. The van der Waals surface area contributed by atoms with Crippen molar-refractivity contribution in [2.24, 2.45) is 0 Å². The summed E-state index contributed by atoms with van der Waals surface area (Å²) >= 11 is 7.54. The Kier molecular flexibility index (Phi) is 5.31. The van der Waals surface area contributed by atoms with Crippen LogP contribution in [0.3, 0.4) is 0 Å². The van der Waals surface area contributed by atoms with Gasteiger partial charge in [-0.1, -0.05) is 35.9 Å². The summed E-state index contributed by atoms with van der Waals surface area (Å²) < 4.78 is 6.92. The molecule has 1 heterocycles. The summed E-state index contributed by atoms with van der Waals surface area (Å²) in [4.78, 5) is 1.27. The fourth-order valence-electron chi connectivity index (χ4n) is 2.81. The van der Waals surface area contributed by atoms with Crippen LogP contribution in [0.15, 0.2) is 36.4 Å². The van der Waals surface area contributed by atoms with E-state index in [4.69, 9.17) is 16.3 Å². The number of rotatable bonds is 6. The number of halogens is 1. The van der Waals surface area contributed by atoms with Crippen molar-refractivity contribution < 1.29 is 4.74 Å². The summed E-state index contributed by atoms with van der Waals surface area (Å²) in [6, 6.07) is 12.7. The zero-order chi connectivity index (χ0) is 14.5. The van der Waals surface area contributed by atoms with E-state index in [0.29, 0.717) is 0 Å². The fraction of sp³-hybridized carbons (Fsp3) is 0.412. The van der Waals surface area contributed by atoms with Crippen molar-refractivity contribution in [1.82, 2.24) is 5.32 Å². The molecule has 3 rings (SSSR count). The highest BCUT2D eigenvalue weighted by Gasteiger charge is 2.19. The second kappa shape index (κ2) is 7.41. The molecule has 0 saturated heterocycles. The summed E-state index contributed by atoms with van der Waals surface area (Å²) in [6.45, 7) is 2.48. The minimum absolute atomic E-state index is 0.271. The minimum Gasteiger partial charge on any atom is -0.372 e. The predicted octanol–water partition coefficient (Wildman–Crippen LogP) is 4.59. The van der Waals surface area contributed by atoms with Gasteiger partial charge >= 0.3 is 0 Å². The Hall–Kier alpha value is -0.870. The molecule has 0 radical (unpaired) electrons. The van der Waals surface area contributed by atoms with Crippen LogP contribution in [-0.2, 0) is 17.7 Å². The van der Waals surface area contributed by atoms with Crippen molar-refractivity contribution in [2.45, 2.75) is 31.9 Å². The highest BCUT2D eigenvalue weighted by molar-refractivity contribution is 7.16. The van der Waals surface area contributed by atoms with Crippen LogP contribution in [0.25, 0.3) is 0 Å². The van der Waals surface area contributed by atoms with Gasteiger partial charge in [0.25, 0.3) is 0 Å². The maximum absolute atomic E-state index is 6.07. The van der Waals surface area contributed by atoms with Crippen molar-refractivity contribution in [3.63, 3.8) is 0 Å². The van der Waals surface area contributed by atoms with Gasteiger partial charge in [0.2, 0.25) is 0 Å². The van der Waals surface area contributed by atoms with E-state index in [-0.39, 0.29) is 6.10 Å². The lowest BCUT2D eigenvalue weighted by Gasteiger charge is -2.25. The van der Waals surface area contributed by atoms with E-state index in [1.54, 1.807) is 11.3 Å². The fourth-order valence-corrected chi connectivity index (χ4v) is 3.87. The molecule has 1 N–H and O–H groups in total. The normalized spacial score (nSPS) is 17.7. The Labute approximate surface area is 135 Å². The van der Waals surface area contributed by atoms with Crippen molar-refractivity contribution in [3.05, 3.63) is 56.7 Å². The molecule has 21 heavy (non-hydrogen) atoms. The number of benzene rings is 1. The van der Waals surface area contributed by atoms with Gasteiger partial charge in [0, 0.05) is 18.0 Å². The van der Waals surface area contributed by atoms with E-state index in [2.05, 4.69) is 35.6 Å². The van der Waals surface area contributed by atoms with Crippen LogP contribution in [0.1, 0.15) is 34.9 Å². The van der Waals surface area contributed by atoms with Crippen LogP contribution < -0.4 is 5.32 Å². The van der Waals surface area contributed by atoms with Gasteiger partial charge in [-0.05, 0) is 42.5 Å². The number of thiophene rings is 1. The van der Waals surface area contributed by atoms with Crippen LogP contribution >= 0.6 is 22.9 Å². The molecule has 0 amide bonds. The smallest absolute Gasteiger partial charge is 0.0931 e. The van der Waals surface area contributed by atoms with Crippen molar-refractivity contribution >= 4 is 22.9 Å². The molecule has 1 aromatic heterocycles. The molecular weight excluding hydrogens is 302 g/mol. The summed E-state index contributed by atoms with van der Waals surface area (Å²) in [6.07, 6.45) is 3.82. The molecule has 1 atom stereocenters. The molecule has 0 fully saturated rings. The Morgan fingerprint density at radius 2 is 2.14 bits per heavy atom. The highest BCUT2D eigenvalue weighted by atomic mass is 35.5. The first-order valence-electron chi connectivity index (χ1n) is 7.47. The molecule has 0 saturated carbocycles. The molecular formula is C17H20ClNOS. The van der Waals surface area contributed by atoms with E-state index in [0.717, 1.165) is 30.5 Å². The quantitative estimate of drug-likeness (QED) is 0.786. The molecule has 0 aliphatic heterocycles. The molecule has 2 nitrogen and oxygen atoms in total. The summed E-state index contributed by atoms with van der Waals surface area (Å²) in [7, 11) is 0. The van der Waals surface area contributed by atoms with Crippen LogP contribution in [0.2, 0.25) is 4.34 Å². The first-order chi connectivity index (χ1) is 10.3. The van der Waals surface area contributed by atoms with Crippen molar-refractivity contribution in [2.75, 3.05) is 13.2 Å². The van der Waals surface area contributed by atoms with Crippen LogP contribution in [0, 0.1) is 0 Å². The van der Waals surface area contributed by atoms with Gasteiger partial charge in [-0.25, -0.2) is 0 Å². The van der Waals surface area contributed by atoms with E-state index in [1.807, 2.05) is 6.07 Å². The SMILES string of the molecule is Clc1ccc(CNCCOC2CCCc3ccccc32)s1. The number of aryl methyl sites for hydroxylation is 1. The molecule has 1 unspecified atom stereocenters. The number of fused-ring (bicyclic) bond motifs is 1. The average molecular weight is 322 g/mol. The maximum atomic E-state index is 6.07. The van der Waals surface area contributed by atoms with E-state index < -0.39 is 0 Å². The first-order valence-corrected chi connectivity index (χ1v) is 8.67. The second-order valence-electron chi connectivity index (χ2n) is 5.33. The Bertz CT molecular complexity index is 584. The lowest BCUT2D eigenvalue weighted by molar-refractivity contribution is 0.0426. The van der Waals surface area contributed by atoms with Gasteiger partial charge in [-0.3, -0.25) is 0 Å². The number of ether oxygens (including phenoxy) is 1. The molecule has 1 aromatic carbocycles. The Balaban J connectivity index is 1.42. The van der Waals surface area contributed by atoms with Crippen LogP contribution in [0.5, 0.6) is 0 Å². The largest absolute Gasteiger partial charge is 0.372 e. The molecule has 1 aliphatic carbocycles. The molecule has 0 bridgehead atoms. The van der Waals surface area contributed by atoms with E-state index >= 15 is 0 Å². The van der Waals surface area contributed by atoms with Gasteiger partial charge in [0.1, 0.15) is 0 Å². The van der Waals surface area contributed by atoms with E-state index in [9.17, 15) is 0 Å². The minimum atomic E-state index is 0.271. The van der Waals surface area contributed by atoms with Crippen molar-refractivity contribution in [3.8, 4) is 0 Å². The standard InChI is InChI=1S/C17H20ClNOS/c18-17-9-8-14(21-17)12-19-10-11-20-16-7-3-5-13-4-1-2-6-15(13)16/h1-2,4,6,8-9,16,19H,3,5,7,10-12H2. The van der Waals surface area contributed by atoms with Gasteiger partial charge in [0.05, 0.1) is 17.0 Å². The first kappa shape index (κ1) is 15.0. The highest BCUT2D eigenvalue weighted by Crippen LogP contribution is 2.32. The van der Waals surface area contributed by atoms with Crippen molar-refractivity contribution in [1.29, 1.82) is 0 Å². The van der Waals surface area contributed by atoms with Crippen LogP contribution in [0.4, 0.5) is 0 Å². The third-order valence-corrected chi connectivity index (χ3v) is 5.07. The van der Waals surface area contributed by atoms with Gasteiger partial charge in [-0.15, -0.1) is 11.3 Å². The molecule has 2 aromatic rings. The molecule has 4 heteroatoms.